The highest BCUT2D eigenvalue weighted by Crippen LogP contribution is 2.46. The van der Waals surface area contributed by atoms with E-state index < -0.39 is 74.7 Å². The van der Waals surface area contributed by atoms with Crippen molar-refractivity contribution < 1.29 is 71.4 Å². The molecule has 147 heavy (non-hydrogen) atoms. The molecule has 6 heterocycles. The number of nitrogens with zero attached hydrogens (tertiary/aromatic N) is 15. The molecule has 36 nitrogen and oxygen atoms in total. The predicted molar refractivity (Wildman–Crippen MR) is 574 cm³/mol. The van der Waals surface area contributed by atoms with E-state index in [1.165, 1.54) is 125 Å². The number of aryl methyl sites for hydroxylation is 6. The van der Waals surface area contributed by atoms with Crippen LogP contribution in [-0.4, -0.2) is 277 Å². The fraction of sp³-hybridized carbons (Fsp3) is 0.388. The van der Waals surface area contributed by atoms with Crippen LogP contribution in [0.4, 0.5) is 28.4 Å². The summed E-state index contributed by atoms with van der Waals surface area (Å²) in [5.41, 5.74) is 4.73. The van der Waals surface area contributed by atoms with E-state index in [0.29, 0.717) is 185 Å². The van der Waals surface area contributed by atoms with Crippen LogP contribution < -0.4 is 4.74 Å². The molecule has 0 radical (unpaired) electrons. The van der Waals surface area contributed by atoms with Gasteiger partial charge in [0.25, 0.3) is 28.4 Å². The second kappa shape index (κ2) is 51.4. The van der Waals surface area contributed by atoms with Crippen LogP contribution in [0.25, 0.3) is 0 Å². The van der Waals surface area contributed by atoms with Crippen molar-refractivity contribution in [2.75, 3.05) is 152 Å². The first-order valence-corrected chi connectivity index (χ1v) is 58.9. The number of nitro benzene ring substituents is 5. The molecule has 16 rings (SSSR count). The summed E-state index contributed by atoms with van der Waals surface area (Å²) in [6, 6.07) is 47.8. The summed E-state index contributed by atoms with van der Waals surface area (Å²) in [6.07, 6.45) is 4.62. The van der Waals surface area contributed by atoms with Crippen molar-refractivity contribution in [1.82, 2.24) is 46.0 Å². The predicted octanol–water partition coefficient (Wildman–Crippen LogP) is 20.0. The van der Waals surface area contributed by atoms with Crippen molar-refractivity contribution in [1.29, 1.82) is 0 Å². The van der Waals surface area contributed by atoms with Gasteiger partial charge in [0.05, 0.1) is 34.7 Å². The van der Waals surface area contributed by atoms with Crippen LogP contribution in [0.15, 0.2) is 246 Å². The quantitative estimate of drug-likeness (QED) is 0.0341. The number of hydrogen-bond donors (Lipinski definition) is 0. The molecular formula is C98H115Cl4N15O21S9. The first kappa shape index (κ1) is 117. The molecule has 10 aromatic carbocycles. The Balaban J connectivity index is 0.000000163. The molecule has 6 aliphatic rings. The van der Waals surface area contributed by atoms with Crippen molar-refractivity contribution in [2.24, 2.45) is 0 Å². The molecule has 0 aromatic heterocycles. The Morgan fingerprint density at radius 3 is 0.952 bits per heavy atom. The molecule has 49 heteroatoms. The standard InChI is InChI=1S/C23H29N3O5S.C21H27N3O4S2.C19H23N3O4S2.C18H19Cl2N3O4S2.C17H17Cl2N3O4S2/c1-17-5-6-18(2)22(15-17)31-21-8-7-20(26(27)28)16-23(21)32(29,30)25-13-9-19(10-14-25)24-11-3-4-12-24;1-15(2)22-9-11-23(12-10-22)30(27,28)21-14-18(24(25)26)7-8-19(21)29-20-13-16(3)5-6-17(20)4;1-14-4-5-15(2)18(12-14)27-17-7-6-16(22(23)24)13-19(17)28(25,26)21-10-8-20(3)9-11-21;1-21-7-2-8-22(10-9-21)29(26,27)18-12-14(23(24)25)4-6-16(18)28-17-11-13(19)3-5-15(17)20;1-20-6-8-21(9-7-20)28(25,26)17-11-13(22(23)24)3-5-15(17)27-16-10-12(18)2-4-14(16)19/h5-8,15-16,19H,3-4,9-14H2,1-2H3;5-8,13-15H,9-12H2,1-4H3;4-7,12-13H,8-11H2,1-3H3;3-6,11-12H,2,7-10H2,1H3;2-5,10-11H,6-9H2,1H3. The van der Waals surface area contributed by atoms with Gasteiger partial charge in [-0.3, -0.25) is 55.5 Å². The second-order valence-electron chi connectivity index (χ2n) is 36.3. The van der Waals surface area contributed by atoms with Gasteiger partial charge in [-0.25, -0.2) is 42.1 Å². The van der Waals surface area contributed by atoms with Crippen molar-refractivity contribution in [3.8, 4) is 11.5 Å². The van der Waals surface area contributed by atoms with Gasteiger partial charge in [0, 0.05) is 233 Å². The van der Waals surface area contributed by atoms with Crippen molar-refractivity contribution in [3.05, 3.63) is 286 Å². The Labute approximate surface area is 894 Å². The Morgan fingerprint density at radius 1 is 0.299 bits per heavy atom. The van der Waals surface area contributed by atoms with Crippen molar-refractivity contribution >= 4 is 172 Å². The number of halogens is 4. The van der Waals surface area contributed by atoms with Gasteiger partial charge in [-0.05, 0) is 247 Å². The average Bonchev–Trinajstić information content (AvgIpc) is 1.04. The number of likely N-dealkylation sites (N-methyl/N-ethyl adjacent to an activating group) is 3. The monoisotopic (exact) mass is 2270 g/mol. The Morgan fingerprint density at radius 2 is 0.599 bits per heavy atom. The average molecular weight is 2270 g/mol. The number of nitro groups is 5. The minimum absolute atomic E-state index is 0.000558. The van der Waals surface area contributed by atoms with Gasteiger partial charge in [0.1, 0.15) is 36.0 Å². The molecule has 0 unspecified atom stereocenters. The number of non-ortho nitro benzene ring substituents is 5. The lowest BCUT2D eigenvalue weighted by molar-refractivity contribution is -0.385. The minimum atomic E-state index is -3.95. The topological polar surface area (TPSA) is 428 Å². The van der Waals surface area contributed by atoms with Crippen LogP contribution in [0.1, 0.15) is 79.3 Å². The Hall–Kier alpha value is -9.09. The Bertz CT molecular complexity index is 6980. The lowest BCUT2D eigenvalue weighted by Crippen LogP contribution is -2.50. The van der Waals surface area contributed by atoms with Gasteiger partial charge in [-0.1, -0.05) is 130 Å². The maximum atomic E-state index is 13.6. The largest absolute Gasteiger partial charge is 0.456 e. The zero-order valence-corrected chi connectivity index (χ0v) is 93.0. The maximum absolute atomic E-state index is 13.6. The van der Waals surface area contributed by atoms with E-state index in [2.05, 4.69) is 33.4 Å². The molecule has 0 spiro atoms. The zero-order valence-electron chi connectivity index (χ0n) is 82.6. The lowest BCUT2D eigenvalue weighted by atomic mass is 10.1. The highest BCUT2D eigenvalue weighted by molar-refractivity contribution is 8.01. The van der Waals surface area contributed by atoms with E-state index in [4.69, 9.17) is 51.1 Å². The molecule has 6 fully saturated rings. The summed E-state index contributed by atoms with van der Waals surface area (Å²) in [5, 5.41) is 58.2. The van der Waals surface area contributed by atoms with E-state index in [9.17, 15) is 92.7 Å². The van der Waals surface area contributed by atoms with Crippen LogP contribution in [0, 0.1) is 92.1 Å². The lowest BCUT2D eigenvalue weighted by Gasteiger charge is -2.36. The fourth-order valence-electron chi connectivity index (χ4n) is 16.7. The first-order valence-electron chi connectivity index (χ1n) is 46.9. The number of sulfonamides is 5. The highest BCUT2D eigenvalue weighted by atomic mass is 35.5. The summed E-state index contributed by atoms with van der Waals surface area (Å²) in [5.74, 6) is 0.633. The number of benzene rings is 10. The number of rotatable bonds is 27. The van der Waals surface area contributed by atoms with Crippen LogP contribution in [0.2, 0.25) is 20.1 Å². The molecule has 0 atom stereocenters. The molecule has 10 aromatic rings. The maximum Gasteiger partial charge on any atom is 0.271 e. The van der Waals surface area contributed by atoms with E-state index in [1.807, 2.05) is 122 Å². The molecule has 0 bridgehead atoms. The molecule has 790 valence electrons. The van der Waals surface area contributed by atoms with E-state index >= 15 is 0 Å². The molecule has 6 saturated heterocycles. The third-order valence-corrected chi connectivity index (χ3v) is 41.7. The van der Waals surface area contributed by atoms with Gasteiger partial charge in [-0.2, -0.15) is 21.5 Å². The van der Waals surface area contributed by atoms with E-state index in [-0.39, 0.29) is 58.7 Å². The molecule has 0 aliphatic carbocycles. The second-order valence-corrected chi connectivity index (χ2v) is 51.8. The van der Waals surface area contributed by atoms with Crippen LogP contribution in [0.5, 0.6) is 11.5 Å². The third-order valence-electron chi connectivity index (χ3n) is 25.4. The van der Waals surface area contributed by atoms with Crippen LogP contribution >= 0.6 is 93.5 Å². The summed E-state index contributed by atoms with van der Waals surface area (Å²) in [6.45, 7) is 26.7. The summed E-state index contributed by atoms with van der Waals surface area (Å²) < 4.78 is 147. The van der Waals surface area contributed by atoms with Crippen molar-refractivity contribution in [2.45, 2.75) is 163 Å². The van der Waals surface area contributed by atoms with E-state index in [0.717, 1.165) is 117 Å². The minimum Gasteiger partial charge on any atom is -0.456 e. The zero-order chi connectivity index (χ0) is 107. The fourth-order valence-corrected chi connectivity index (χ4v) is 30.9. The number of piperazine rings is 3. The van der Waals surface area contributed by atoms with Gasteiger partial charge in [0.2, 0.25) is 50.1 Å². The van der Waals surface area contributed by atoms with Crippen LogP contribution in [0.3, 0.4) is 0 Å². The highest BCUT2D eigenvalue weighted by Gasteiger charge is 2.40. The number of likely N-dealkylation sites (tertiary alicyclic amines) is 1. The summed E-state index contributed by atoms with van der Waals surface area (Å²) >= 11 is 29.4. The van der Waals surface area contributed by atoms with E-state index in [1.54, 1.807) is 42.5 Å². The number of ether oxygens (including phenoxy) is 1. The molecule has 0 N–H and O–H groups in total. The normalized spacial score (nSPS) is 16.8. The number of hydrogen-bond acceptors (Lipinski definition) is 30. The third kappa shape index (κ3) is 30.3. The summed E-state index contributed by atoms with van der Waals surface area (Å²) in [4.78, 5) is 68.7. The van der Waals surface area contributed by atoms with Crippen LogP contribution in [-0.2, 0) is 50.1 Å². The molecule has 0 amide bonds. The van der Waals surface area contributed by atoms with Gasteiger partial charge in [-0.15, -0.1) is 0 Å². The van der Waals surface area contributed by atoms with Gasteiger partial charge < -0.3 is 24.3 Å². The SMILES string of the molecule is CN1CCCN(S(=O)(=O)c2cc([N+](=O)[O-])ccc2Sc2cc(Cl)ccc2Cl)CC1.CN1CCN(S(=O)(=O)c2cc([N+](=O)[O-])ccc2Sc2cc(Cl)ccc2Cl)CC1.Cc1ccc(C)c(Oc2ccc([N+](=O)[O-])cc2S(=O)(=O)N2CCC(N3CCCC3)CC2)c1.Cc1ccc(C)c(Sc2ccc([N+](=O)[O-])cc2S(=O)(=O)N2CCN(C(C)C)CC2)c1.Cc1ccc(C)c(Sc2ccc([N+](=O)[O-])cc2S(=O)(=O)N2CCN(C)CC2)c1. The van der Waals surface area contributed by atoms with Gasteiger partial charge >= 0.3 is 0 Å². The molecule has 6 aliphatic heterocycles. The summed E-state index contributed by atoms with van der Waals surface area (Å²) in [7, 11) is -13.7. The molecular weight excluding hydrogens is 2150 g/mol. The van der Waals surface area contributed by atoms with Gasteiger partial charge in [0.15, 0.2) is 0 Å². The Kier molecular flexibility index (Phi) is 40.7. The number of piperidine rings is 1. The van der Waals surface area contributed by atoms with Crippen molar-refractivity contribution in [3.63, 3.8) is 0 Å². The smallest absolute Gasteiger partial charge is 0.271 e. The molecule has 0 saturated carbocycles. The first-order chi connectivity index (χ1) is 69.4.